The Balaban J connectivity index is 1.90. The van der Waals surface area contributed by atoms with Crippen molar-refractivity contribution >= 4 is 6.09 Å². The van der Waals surface area contributed by atoms with Crippen LogP contribution in [0.4, 0.5) is 4.79 Å². The number of fused-ring (bicyclic) bond motifs is 1. The van der Waals surface area contributed by atoms with Gasteiger partial charge in [-0.25, -0.2) is 4.79 Å². The second-order valence-corrected chi connectivity index (χ2v) is 6.07. The molecule has 0 bridgehead atoms. The fraction of sp³-hybridized carbons (Fsp3) is 0.917. The lowest BCUT2D eigenvalue weighted by Gasteiger charge is -2.37. The Morgan fingerprint density at radius 3 is 2.65 bits per heavy atom. The summed E-state index contributed by atoms with van der Waals surface area (Å²) < 4.78 is 5.39. The predicted molar refractivity (Wildman–Crippen MR) is 65.8 cm³/mol. The van der Waals surface area contributed by atoms with E-state index in [4.69, 9.17) is 10.5 Å². The first-order valence-electron chi connectivity index (χ1n) is 6.33. The van der Waals surface area contributed by atoms with E-state index in [9.17, 15) is 4.79 Å². The molecule has 2 saturated heterocycles. The lowest BCUT2D eigenvalue weighted by molar-refractivity contribution is 0.00925. The number of rotatable bonds is 0. The van der Waals surface area contributed by atoms with Gasteiger partial charge >= 0.3 is 6.09 Å². The molecule has 2 fully saturated rings. The molecule has 2 heterocycles. The van der Waals surface area contributed by atoms with Crippen LogP contribution in [0.25, 0.3) is 0 Å². The highest BCUT2D eigenvalue weighted by molar-refractivity contribution is 5.68. The fourth-order valence-electron chi connectivity index (χ4n) is 2.57. The highest BCUT2D eigenvalue weighted by atomic mass is 16.6. The molecule has 0 aromatic heterocycles. The number of piperazine rings is 1. The van der Waals surface area contributed by atoms with Crippen molar-refractivity contribution in [2.45, 2.75) is 44.9 Å². The number of nitrogens with zero attached hydrogens (tertiary/aromatic N) is 2. The van der Waals surface area contributed by atoms with Crippen molar-refractivity contribution in [2.24, 2.45) is 5.73 Å². The van der Waals surface area contributed by atoms with Crippen molar-refractivity contribution in [1.82, 2.24) is 9.80 Å². The monoisotopic (exact) mass is 241 g/mol. The summed E-state index contributed by atoms with van der Waals surface area (Å²) in [5.74, 6) is 0. The van der Waals surface area contributed by atoms with Gasteiger partial charge in [0.15, 0.2) is 0 Å². The fourth-order valence-corrected chi connectivity index (χ4v) is 2.57. The van der Waals surface area contributed by atoms with Gasteiger partial charge < -0.3 is 15.4 Å². The van der Waals surface area contributed by atoms with Crippen LogP contribution >= 0.6 is 0 Å². The average Bonchev–Trinajstić information content (AvgIpc) is 2.53. The summed E-state index contributed by atoms with van der Waals surface area (Å²) in [6.07, 6.45) is 0.789. The van der Waals surface area contributed by atoms with E-state index in [-0.39, 0.29) is 12.1 Å². The second kappa shape index (κ2) is 4.46. The predicted octanol–water partition coefficient (Wildman–Crippen LogP) is 0.639. The molecule has 2 aliphatic rings. The number of nitrogens with two attached hydrogens (primary N) is 1. The molecule has 0 radical (unpaired) electrons. The number of amides is 1. The van der Waals surface area contributed by atoms with Gasteiger partial charge in [0, 0.05) is 38.3 Å². The van der Waals surface area contributed by atoms with Gasteiger partial charge in [-0.15, -0.1) is 0 Å². The maximum absolute atomic E-state index is 11.9. The molecule has 0 aromatic carbocycles. The Morgan fingerprint density at radius 1 is 1.29 bits per heavy atom. The van der Waals surface area contributed by atoms with E-state index in [1.54, 1.807) is 0 Å². The molecule has 5 nitrogen and oxygen atoms in total. The standard InChI is InChI=1S/C12H23N3O2/c1-12(2,3)17-11(16)15-5-4-14-7-9(13)6-10(14)8-15/h9-10H,4-8,13H2,1-3H3/t9-,10-/m1/s1. The Kier molecular flexibility index (Phi) is 3.32. The van der Waals surface area contributed by atoms with Crippen molar-refractivity contribution in [2.75, 3.05) is 26.2 Å². The molecule has 5 heteroatoms. The summed E-state index contributed by atoms with van der Waals surface area (Å²) in [5, 5.41) is 0. The van der Waals surface area contributed by atoms with E-state index in [2.05, 4.69) is 4.90 Å². The SMILES string of the molecule is CC(C)(C)OC(=O)N1CCN2C[C@H](N)C[C@@H]2C1. The van der Waals surface area contributed by atoms with Gasteiger partial charge in [-0.1, -0.05) is 0 Å². The molecule has 2 N–H and O–H groups in total. The van der Waals surface area contributed by atoms with Crippen molar-refractivity contribution in [3.8, 4) is 0 Å². The van der Waals surface area contributed by atoms with Crippen molar-refractivity contribution in [1.29, 1.82) is 0 Å². The quantitative estimate of drug-likeness (QED) is 0.676. The highest BCUT2D eigenvalue weighted by Gasteiger charge is 2.37. The summed E-state index contributed by atoms with van der Waals surface area (Å²) in [6.45, 7) is 9.07. The molecule has 0 spiro atoms. The van der Waals surface area contributed by atoms with E-state index in [1.165, 1.54) is 0 Å². The highest BCUT2D eigenvalue weighted by Crippen LogP contribution is 2.22. The Bertz CT molecular complexity index is 301. The van der Waals surface area contributed by atoms with Gasteiger partial charge in [-0.3, -0.25) is 4.90 Å². The van der Waals surface area contributed by atoms with E-state index >= 15 is 0 Å². The molecule has 2 atom stereocenters. The summed E-state index contributed by atoms with van der Waals surface area (Å²) in [6, 6.07) is 0.685. The molecule has 2 aliphatic heterocycles. The number of carbonyl (C=O) groups excluding carboxylic acids is 1. The minimum absolute atomic E-state index is 0.197. The molecule has 2 rings (SSSR count). The lowest BCUT2D eigenvalue weighted by Crippen LogP contribution is -2.53. The van der Waals surface area contributed by atoms with Crippen LogP contribution in [0.15, 0.2) is 0 Å². The summed E-state index contributed by atoms with van der Waals surface area (Å²) in [4.78, 5) is 16.1. The second-order valence-electron chi connectivity index (χ2n) is 6.07. The number of hydrogen-bond donors (Lipinski definition) is 1. The number of ether oxygens (including phenoxy) is 1. The maximum Gasteiger partial charge on any atom is 0.410 e. The minimum atomic E-state index is -0.416. The Labute approximate surface area is 103 Å². The van der Waals surface area contributed by atoms with E-state index in [0.29, 0.717) is 6.04 Å². The molecule has 0 aliphatic carbocycles. The molecular formula is C12H23N3O2. The molecule has 0 aromatic rings. The van der Waals surface area contributed by atoms with Gasteiger partial charge in [0.05, 0.1) is 0 Å². The van der Waals surface area contributed by atoms with Crippen LogP contribution in [0.2, 0.25) is 0 Å². The first kappa shape index (κ1) is 12.6. The zero-order valence-electron chi connectivity index (χ0n) is 11.0. The molecule has 0 unspecified atom stereocenters. The summed E-state index contributed by atoms with van der Waals surface area (Å²) in [5.41, 5.74) is 5.53. The van der Waals surface area contributed by atoms with Gasteiger partial charge in [0.2, 0.25) is 0 Å². The summed E-state index contributed by atoms with van der Waals surface area (Å²) in [7, 11) is 0. The van der Waals surface area contributed by atoms with Crippen LogP contribution in [0, 0.1) is 0 Å². The zero-order valence-corrected chi connectivity index (χ0v) is 11.0. The van der Waals surface area contributed by atoms with Gasteiger partial charge in [-0.2, -0.15) is 0 Å². The molecular weight excluding hydrogens is 218 g/mol. The van der Waals surface area contributed by atoms with Crippen LogP contribution in [0.1, 0.15) is 27.2 Å². The zero-order chi connectivity index (χ0) is 12.6. The van der Waals surface area contributed by atoms with Crippen molar-refractivity contribution in [3.63, 3.8) is 0 Å². The van der Waals surface area contributed by atoms with Crippen molar-refractivity contribution in [3.05, 3.63) is 0 Å². The first-order chi connectivity index (χ1) is 7.85. The average molecular weight is 241 g/mol. The van der Waals surface area contributed by atoms with Gasteiger partial charge in [0.25, 0.3) is 0 Å². The molecule has 98 valence electrons. The normalized spacial score (nSPS) is 30.2. The number of carbonyl (C=O) groups is 1. The van der Waals surface area contributed by atoms with E-state index in [1.807, 2.05) is 25.7 Å². The first-order valence-corrected chi connectivity index (χ1v) is 6.33. The topological polar surface area (TPSA) is 58.8 Å². The minimum Gasteiger partial charge on any atom is -0.444 e. The maximum atomic E-state index is 11.9. The largest absolute Gasteiger partial charge is 0.444 e. The van der Waals surface area contributed by atoms with Crippen LogP contribution in [0.5, 0.6) is 0 Å². The van der Waals surface area contributed by atoms with Gasteiger partial charge in [-0.05, 0) is 27.2 Å². The molecule has 1 amide bonds. The molecule has 17 heavy (non-hydrogen) atoms. The van der Waals surface area contributed by atoms with E-state index < -0.39 is 5.60 Å². The third-order valence-electron chi connectivity index (χ3n) is 3.30. The summed E-state index contributed by atoms with van der Waals surface area (Å²) >= 11 is 0. The smallest absolute Gasteiger partial charge is 0.410 e. The van der Waals surface area contributed by atoms with Crippen LogP contribution in [-0.4, -0.2) is 59.8 Å². The third kappa shape index (κ3) is 3.10. The van der Waals surface area contributed by atoms with Gasteiger partial charge in [0.1, 0.15) is 5.60 Å². The Morgan fingerprint density at radius 2 is 2.00 bits per heavy atom. The third-order valence-corrected chi connectivity index (χ3v) is 3.30. The lowest BCUT2D eigenvalue weighted by atomic mass is 10.1. The Hall–Kier alpha value is -0.810. The number of hydrogen-bond acceptors (Lipinski definition) is 4. The van der Waals surface area contributed by atoms with Crippen LogP contribution in [-0.2, 0) is 4.74 Å². The molecule has 0 saturated carbocycles. The van der Waals surface area contributed by atoms with E-state index in [0.717, 1.165) is 32.6 Å². The van der Waals surface area contributed by atoms with Crippen LogP contribution < -0.4 is 5.73 Å². The van der Waals surface area contributed by atoms with Crippen LogP contribution in [0.3, 0.4) is 0 Å². The van der Waals surface area contributed by atoms with Crippen molar-refractivity contribution < 1.29 is 9.53 Å².